The van der Waals surface area contributed by atoms with E-state index in [1.165, 1.54) is 18.0 Å². The second kappa shape index (κ2) is 3.74. The normalized spacial score (nSPS) is 25.3. The van der Waals surface area contributed by atoms with Crippen LogP contribution in [0.25, 0.3) is 0 Å². The van der Waals surface area contributed by atoms with E-state index in [4.69, 9.17) is 0 Å². The first-order valence-corrected chi connectivity index (χ1v) is 6.32. The first-order valence-electron chi connectivity index (χ1n) is 5.55. The Morgan fingerprint density at radius 1 is 1.47 bits per heavy atom. The largest absolute Gasteiger partial charge is 0.360 e. The van der Waals surface area contributed by atoms with E-state index in [1.807, 2.05) is 0 Å². The highest BCUT2D eigenvalue weighted by atomic mass is 32.1. The van der Waals surface area contributed by atoms with Crippen LogP contribution in [0.4, 0.5) is 5.13 Å². The second-order valence-electron chi connectivity index (χ2n) is 5.53. The maximum Gasteiger partial charge on any atom is 0.202 e. The SMILES string of the molecule is CC1CC1CNc1nc(C(C)(C)C)ns1. The van der Waals surface area contributed by atoms with Crippen molar-refractivity contribution in [2.75, 3.05) is 11.9 Å². The van der Waals surface area contributed by atoms with Crippen LogP contribution in [0.3, 0.4) is 0 Å². The molecule has 1 heterocycles. The number of nitrogens with zero attached hydrogens (tertiary/aromatic N) is 2. The summed E-state index contributed by atoms with van der Waals surface area (Å²) in [7, 11) is 0. The zero-order chi connectivity index (χ0) is 11.1. The summed E-state index contributed by atoms with van der Waals surface area (Å²) in [6.45, 7) is 9.78. The minimum absolute atomic E-state index is 0.0588. The van der Waals surface area contributed by atoms with Gasteiger partial charge in [0.15, 0.2) is 0 Å². The van der Waals surface area contributed by atoms with Crippen LogP contribution < -0.4 is 5.32 Å². The molecule has 1 aliphatic rings. The predicted molar refractivity (Wildman–Crippen MR) is 64.4 cm³/mol. The maximum absolute atomic E-state index is 4.50. The lowest BCUT2D eigenvalue weighted by molar-refractivity contribution is 0.555. The fourth-order valence-electron chi connectivity index (χ4n) is 1.50. The third kappa shape index (κ3) is 2.68. The average molecular weight is 225 g/mol. The summed E-state index contributed by atoms with van der Waals surface area (Å²) < 4.78 is 4.37. The van der Waals surface area contributed by atoms with E-state index in [9.17, 15) is 0 Å². The summed E-state index contributed by atoms with van der Waals surface area (Å²) in [6.07, 6.45) is 1.36. The summed E-state index contributed by atoms with van der Waals surface area (Å²) in [6, 6.07) is 0. The van der Waals surface area contributed by atoms with Crippen molar-refractivity contribution in [1.82, 2.24) is 9.36 Å². The Labute approximate surface area is 95.5 Å². The molecular weight excluding hydrogens is 206 g/mol. The highest BCUT2D eigenvalue weighted by Gasteiger charge is 2.32. The lowest BCUT2D eigenvalue weighted by atomic mass is 9.96. The molecule has 4 heteroatoms. The summed E-state index contributed by atoms with van der Waals surface area (Å²) in [4.78, 5) is 4.50. The van der Waals surface area contributed by atoms with Gasteiger partial charge >= 0.3 is 0 Å². The topological polar surface area (TPSA) is 37.8 Å². The molecule has 2 atom stereocenters. The van der Waals surface area contributed by atoms with Gasteiger partial charge in [-0.25, -0.2) is 4.98 Å². The van der Waals surface area contributed by atoms with E-state index in [1.54, 1.807) is 0 Å². The number of aromatic nitrogens is 2. The minimum Gasteiger partial charge on any atom is -0.360 e. The van der Waals surface area contributed by atoms with Crippen LogP contribution in [0.1, 0.15) is 39.9 Å². The molecule has 3 nitrogen and oxygen atoms in total. The van der Waals surface area contributed by atoms with Crippen LogP contribution in [0, 0.1) is 11.8 Å². The highest BCUT2D eigenvalue weighted by Crippen LogP contribution is 2.37. The number of hydrogen-bond donors (Lipinski definition) is 1. The summed E-state index contributed by atoms with van der Waals surface area (Å²) in [5.41, 5.74) is 0.0588. The van der Waals surface area contributed by atoms with Gasteiger partial charge in [0.05, 0.1) is 0 Å². The Morgan fingerprint density at radius 3 is 2.60 bits per heavy atom. The molecule has 0 aliphatic heterocycles. The molecule has 0 spiro atoms. The van der Waals surface area contributed by atoms with Gasteiger partial charge in [0.1, 0.15) is 5.82 Å². The van der Waals surface area contributed by atoms with E-state index in [-0.39, 0.29) is 5.41 Å². The van der Waals surface area contributed by atoms with Crippen molar-refractivity contribution >= 4 is 16.7 Å². The van der Waals surface area contributed by atoms with Gasteiger partial charge in [-0.15, -0.1) is 0 Å². The molecule has 1 saturated carbocycles. The van der Waals surface area contributed by atoms with E-state index in [2.05, 4.69) is 42.4 Å². The third-order valence-corrected chi connectivity index (χ3v) is 3.56. The Kier molecular flexibility index (Phi) is 2.71. The first-order chi connectivity index (χ1) is 6.97. The van der Waals surface area contributed by atoms with Crippen molar-refractivity contribution < 1.29 is 0 Å². The molecule has 0 radical (unpaired) electrons. The summed E-state index contributed by atoms with van der Waals surface area (Å²) in [5, 5.41) is 4.35. The molecule has 1 aromatic rings. The summed E-state index contributed by atoms with van der Waals surface area (Å²) in [5.74, 6) is 2.69. The van der Waals surface area contributed by atoms with Gasteiger partial charge in [-0.1, -0.05) is 27.7 Å². The standard InChI is InChI=1S/C11H19N3S/c1-7-5-8(7)6-12-10-13-9(14-15-10)11(2,3)4/h7-8H,5-6H2,1-4H3,(H,12,13,14). The quantitative estimate of drug-likeness (QED) is 0.859. The molecule has 2 unspecified atom stereocenters. The number of rotatable bonds is 3. The molecule has 0 amide bonds. The van der Waals surface area contributed by atoms with E-state index >= 15 is 0 Å². The molecule has 1 aromatic heterocycles. The third-order valence-electron chi connectivity index (χ3n) is 2.89. The van der Waals surface area contributed by atoms with E-state index in [0.29, 0.717) is 0 Å². The first kappa shape index (κ1) is 10.9. The molecule has 84 valence electrons. The molecule has 2 rings (SSSR count). The number of hydrogen-bond acceptors (Lipinski definition) is 4. The van der Waals surface area contributed by atoms with Crippen molar-refractivity contribution in [3.8, 4) is 0 Å². The predicted octanol–water partition coefficient (Wildman–Crippen LogP) is 2.90. The van der Waals surface area contributed by atoms with Gasteiger partial charge in [-0.2, -0.15) is 4.37 Å². The molecule has 15 heavy (non-hydrogen) atoms. The van der Waals surface area contributed by atoms with Crippen molar-refractivity contribution in [2.45, 2.75) is 39.5 Å². The summed E-state index contributed by atoms with van der Waals surface area (Å²) >= 11 is 1.48. The van der Waals surface area contributed by atoms with Gasteiger partial charge in [-0.3, -0.25) is 0 Å². The van der Waals surface area contributed by atoms with Crippen LogP contribution in [0.5, 0.6) is 0 Å². The van der Waals surface area contributed by atoms with Gasteiger partial charge in [-0.05, 0) is 18.3 Å². The number of nitrogens with one attached hydrogen (secondary N) is 1. The molecule has 0 bridgehead atoms. The Hall–Kier alpha value is -0.640. The number of anilines is 1. The fraction of sp³-hybridized carbons (Fsp3) is 0.818. The van der Waals surface area contributed by atoms with Gasteiger partial charge in [0, 0.05) is 23.5 Å². The molecule has 0 saturated heterocycles. The van der Waals surface area contributed by atoms with Crippen molar-refractivity contribution in [3.05, 3.63) is 5.82 Å². The molecule has 0 aromatic carbocycles. The zero-order valence-electron chi connectivity index (χ0n) is 9.87. The zero-order valence-corrected chi connectivity index (χ0v) is 10.7. The smallest absolute Gasteiger partial charge is 0.202 e. The highest BCUT2D eigenvalue weighted by molar-refractivity contribution is 7.09. The monoisotopic (exact) mass is 225 g/mol. The maximum atomic E-state index is 4.50. The van der Waals surface area contributed by atoms with Crippen molar-refractivity contribution in [2.24, 2.45) is 11.8 Å². The van der Waals surface area contributed by atoms with Crippen molar-refractivity contribution in [3.63, 3.8) is 0 Å². The Balaban J connectivity index is 1.90. The van der Waals surface area contributed by atoms with Crippen LogP contribution in [-0.4, -0.2) is 15.9 Å². The van der Waals surface area contributed by atoms with E-state index < -0.39 is 0 Å². The van der Waals surface area contributed by atoms with Crippen LogP contribution >= 0.6 is 11.5 Å². The Morgan fingerprint density at radius 2 is 2.13 bits per heavy atom. The Bertz CT molecular complexity index is 340. The van der Waals surface area contributed by atoms with Gasteiger partial charge in [0.2, 0.25) is 5.13 Å². The van der Waals surface area contributed by atoms with E-state index in [0.717, 1.165) is 29.3 Å². The fourth-order valence-corrected chi connectivity index (χ4v) is 2.26. The lowest BCUT2D eigenvalue weighted by Gasteiger charge is -2.12. The van der Waals surface area contributed by atoms with Crippen LogP contribution in [-0.2, 0) is 5.41 Å². The van der Waals surface area contributed by atoms with Gasteiger partial charge < -0.3 is 5.32 Å². The minimum atomic E-state index is 0.0588. The molecule has 1 fully saturated rings. The average Bonchev–Trinajstić information content (AvgIpc) is 2.66. The van der Waals surface area contributed by atoms with Crippen LogP contribution in [0.15, 0.2) is 0 Å². The lowest BCUT2D eigenvalue weighted by Crippen LogP contribution is -2.13. The molecule has 1 N–H and O–H groups in total. The van der Waals surface area contributed by atoms with Gasteiger partial charge in [0.25, 0.3) is 0 Å². The molecular formula is C11H19N3S. The second-order valence-corrected chi connectivity index (χ2v) is 6.28. The van der Waals surface area contributed by atoms with Crippen molar-refractivity contribution in [1.29, 1.82) is 0 Å². The molecule has 1 aliphatic carbocycles. The van der Waals surface area contributed by atoms with Crippen LogP contribution in [0.2, 0.25) is 0 Å².